The first-order chi connectivity index (χ1) is 13.3. The fourth-order valence-corrected chi connectivity index (χ4v) is 1.99. The highest BCUT2D eigenvalue weighted by Gasteiger charge is 2.40. The first-order valence-corrected chi connectivity index (χ1v) is 9.30. The molecule has 29 heavy (non-hydrogen) atoms. The fraction of sp³-hybridized carbons (Fsp3) is 0.778. The van der Waals surface area contributed by atoms with Crippen molar-refractivity contribution >= 4 is 23.9 Å². The summed E-state index contributed by atoms with van der Waals surface area (Å²) in [5, 5.41) is 50.9. The van der Waals surface area contributed by atoms with Crippen LogP contribution in [0.3, 0.4) is 0 Å². The van der Waals surface area contributed by atoms with Gasteiger partial charge in [-0.05, 0) is 26.4 Å². The van der Waals surface area contributed by atoms with E-state index in [0.29, 0.717) is 6.42 Å². The molecule has 0 radical (unpaired) electrons. The third-order valence-corrected chi connectivity index (χ3v) is 3.62. The van der Waals surface area contributed by atoms with E-state index in [2.05, 4.69) is 6.92 Å². The second-order valence-corrected chi connectivity index (χ2v) is 6.18. The number of rotatable bonds is 12. The zero-order valence-electron chi connectivity index (χ0n) is 17.5. The molecule has 0 aliphatic carbocycles. The molecule has 0 aliphatic heterocycles. The Labute approximate surface area is 170 Å². The van der Waals surface area contributed by atoms with E-state index in [0.717, 1.165) is 32.4 Å². The molecule has 1 unspecified atom stereocenters. The zero-order chi connectivity index (χ0) is 23.6. The van der Waals surface area contributed by atoms with E-state index in [1.54, 1.807) is 6.92 Å². The van der Waals surface area contributed by atoms with Crippen LogP contribution in [0.2, 0.25) is 0 Å². The quantitative estimate of drug-likeness (QED) is 0.193. The van der Waals surface area contributed by atoms with E-state index >= 15 is 0 Å². The molecule has 0 saturated heterocycles. The molecule has 0 aromatic carbocycles. The van der Waals surface area contributed by atoms with Crippen LogP contribution >= 0.6 is 0 Å². The van der Waals surface area contributed by atoms with Gasteiger partial charge in [-0.1, -0.05) is 33.6 Å². The molecule has 0 amide bonds. The van der Waals surface area contributed by atoms with E-state index < -0.39 is 42.3 Å². The lowest BCUT2D eigenvalue weighted by Gasteiger charge is -2.20. The zero-order valence-corrected chi connectivity index (χ0v) is 17.5. The molecule has 0 aromatic heterocycles. The average Bonchev–Trinajstić information content (AvgIpc) is 2.55. The second kappa shape index (κ2) is 17.8. The molecule has 0 saturated carbocycles. The minimum Gasteiger partial charge on any atom is -0.481 e. The van der Waals surface area contributed by atoms with Gasteiger partial charge >= 0.3 is 23.9 Å². The number of hydrogen-bond acceptors (Lipinski definition) is 7. The van der Waals surface area contributed by atoms with Crippen molar-refractivity contribution < 1.29 is 49.8 Å². The molecular formula is C18H35NO10. The number of aliphatic hydroxyl groups excluding tert-OH is 1. The summed E-state index contributed by atoms with van der Waals surface area (Å²) in [5.74, 6) is -5.70. The van der Waals surface area contributed by atoms with Crippen LogP contribution in [-0.2, 0) is 19.2 Å². The van der Waals surface area contributed by atoms with Gasteiger partial charge in [-0.25, -0.2) is 4.79 Å². The third kappa shape index (κ3) is 20.3. The van der Waals surface area contributed by atoms with Crippen LogP contribution in [0.25, 0.3) is 0 Å². The van der Waals surface area contributed by atoms with Gasteiger partial charge < -0.3 is 30.6 Å². The number of aliphatic hydroxyl groups is 2. The van der Waals surface area contributed by atoms with Crippen LogP contribution in [0.5, 0.6) is 0 Å². The lowest BCUT2D eigenvalue weighted by molar-refractivity contribution is -0.170. The Balaban J connectivity index is -0.000000368. The lowest BCUT2D eigenvalue weighted by Crippen LogP contribution is -2.42. The van der Waals surface area contributed by atoms with E-state index in [4.69, 9.17) is 30.6 Å². The smallest absolute Gasteiger partial charge is 0.336 e. The van der Waals surface area contributed by atoms with Gasteiger partial charge in [0.15, 0.2) is 5.60 Å². The maximum absolute atomic E-state index is 10.3. The van der Waals surface area contributed by atoms with Gasteiger partial charge in [0.05, 0.1) is 12.8 Å². The largest absolute Gasteiger partial charge is 0.481 e. The molecule has 0 aromatic rings. The molecule has 0 heterocycles. The van der Waals surface area contributed by atoms with Crippen molar-refractivity contribution in [2.45, 2.75) is 78.0 Å². The summed E-state index contributed by atoms with van der Waals surface area (Å²) < 4.78 is 0. The van der Waals surface area contributed by atoms with Crippen LogP contribution < -0.4 is 0 Å². The van der Waals surface area contributed by atoms with Gasteiger partial charge in [0.1, 0.15) is 6.23 Å². The number of carboxylic acid groups (broad SMARTS) is 4. The van der Waals surface area contributed by atoms with E-state index in [9.17, 15) is 19.2 Å². The molecule has 0 fully saturated rings. The van der Waals surface area contributed by atoms with Crippen LogP contribution in [0.15, 0.2) is 0 Å². The minimum atomic E-state index is -2.74. The summed E-state index contributed by atoms with van der Waals surface area (Å²) in [6.45, 7) is 9.77. The van der Waals surface area contributed by atoms with Crippen molar-refractivity contribution in [3.05, 3.63) is 0 Å². The molecule has 0 spiro atoms. The Bertz CT molecular complexity index is 473. The van der Waals surface area contributed by atoms with Crippen LogP contribution in [0.4, 0.5) is 0 Å². The number of carbonyl (C=O) groups is 4. The van der Waals surface area contributed by atoms with E-state index in [1.807, 2.05) is 18.7 Å². The first kappa shape index (κ1) is 31.5. The Morgan fingerprint density at radius 3 is 1.41 bits per heavy atom. The van der Waals surface area contributed by atoms with E-state index in [-0.39, 0.29) is 6.23 Å². The number of carboxylic acids is 4. The molecule has 11 nitrogen and oxygen atoms in total. The fourth-order valence-electron chi connectivity index (χ4n) is 1.99. The Morgan fingerprint density at radius 2 is 1.24 bits per heavy atom. The van der Waals surface area contributed by atoms with Crippen LogP contribution in [0, 0.1) is 0 Å². The Kier molecular flexibility index (Phi) is 19.3. The minimum absolute atomic E-state index is 0.287. The molecule has 6 N–H and O–H groups in total. The van der Waals surface area contributed by atoms with Crippen molar-refractivity contribution in [1.29, 1.82) is 0 Å². The van der Waals surface area contributed by atoms with E-state index in [1.165, 1.54) is 0 Å². The Hall–Kier alpha value is -2.24. The van der Waals surface area contributed by atoms with Gasteiger partial charge in [0, 0.05) is 6.42 Å². The monoisotopic (exact) mass is 425 g/mol. The van der Waals surface area contributed by atoms with Crippen molar-refractivity contribution in [1.82, 2.24) is 4.90 Å². The number of nitrogens with zero attached hydrogens (tertiary/aromatic N) is 1. The third-order valence-electron chi connectivity index (χ3n) is 3.62. The summed E-state index contributed by atoms with van der Waals surface area (Å²) in [7, 11) is 0. The second-order valence-electron chi connectivity index (χ2n) is 6.18. The van der Waals surface area contributed by atoms with Crippen molar-refractivity contribution in [2.24, 2.45) is 0 Å². The molecule has 0 bridgehead atoms. The normalized spacial score (nSPS) is 11.4. The van der Waals surface area contributed by atoms with Gasteiger partial charge in [-0.2, -0.15) is 0 Å². The standard InChI is InChI=1S/C6H15NO.C6H8O7.C6H12O2/c1-4-7(5-2)6(3)8;7-3(8)1-6(13,5(11)12)2-4(9)10;1-2-3-4-5-6(7)8/h6,8H,4-5H2,1-3H3;13H,1-2H2,(H,7,8)(H,9,10)(H,11,12);2-5H2,1H3,(H,7,8). The molecule has 0 aliphatic rings. The highest BCUT2D eigenvalue weighted by molar-refractivity contribution is 5.88. The molecule has 0 rings (SSSR count). The van der Waals surface area contributed by atoms with Crippen LogP contribution in [0.1, 0.15) is 66.2 Å². The van der Waals surface area contributed by atoms with Gasteiger partial charge in [-0.3, -0.25) is 19.3 Å². The van der Waals surface area contributed by atoms with Gasteiger partial charge in [-0.15, -0.1) is 0 Å². The summed E-state index contributed by atoms with van der Waals surface area (Å²) in [6, 6.07) is 0. The van der Waals surface area contributed by atoms with Crippen molar-refractivity contribution in [3.8, 4) is 0 Å². The van der Waals surface area contributed by atoms with Crippen molar-refractivity contribution in [2.75, 3.05) is 13.1 Å². The summed E-state index contributed by atoms with van der Waals surface area (Å²) in [4.78, 5) is 42.3. The maximum Gasteiger partial charge on any atom is 0.336 e. The van der Waals surface area contributed by atoms with Crippen molar-refractivity contribution in [3.63, 3.8) is 0 Å². The molecule has 11 heteroatoms. The number of hydrogen-bond donors (Lipinski definition) is 6. The summed E-state index contributed by atoms with van der Waals surface area (Å²) in [6.07, 6.45) is 0.702. The van der Waals surface area contributed by atoms with Crippen LogP contribution in [-0.4, -0.2) is 84.3 Å². The highest BCUT2D eigenvalue weighted by Crippen LogP contribution is 2.15. The highest BCUT2D eigenvalue weighted by atomic mass is 16.4. The lowest BCUT2D eigenvalue weighted by atomic mass is 9.96. The van der Waals surface area contributed by atoms with Gasteiger partial charge in [0.25, 0.3) is 0 Å². The SMILES string of the molecule is CCCCCC(=O)O.CCN(CC)C(C)O.O=C(O)CC(O)(CC(=O)O)C(=O)O. The predicted molar refractivity (Wildman–Crippen MR) is 103 cm³/mol. The summed E-state index contributed by atoms with van der Waals surface area (Å²) >= 11 is 0. The summed E-state index contributed by atoms with van der Waals surface area (Å²) in [5.41, 5.74) is -2.74. The number of aliphatic carboxylic acids is 4. The van der Waals surface area contributed by atoms with Gasteiger partial charge in [0.2, 0.25) is 0 Å². The molecule has 172 valence electrons. The topological polar surface area (TPSA) is 193 Å². The molecule has 1 atom stereocenters. The Morgan fingerprint density at radius 1 is 0.828 bits per heavy atom. The molecular weight excluding hydrogens is 390 g/mol. The average molecular weight is 425 g/mol. The number of unbranched alkanes of at least 4 members (excludes halogenated alkanes) is 2. The predicted octanol–water partition coefficient (Wildman–Crippen LogP) is 1.07. The first-order valence-electron chi connectivity index (χ1n) is 9.30. The maximum atomic E-state index is 10.3.